The van der Waals surface area contributed by atoms with E-state index in [0.29, 0.717) is 17.9 Å². The van der Waals surface area contributed by atoms with Gasteiger partial charge in [-0.3, -0.25) is 0 Å². The fourth-order valence-corrected chi connectivity index (χ4v) is 1.84. The highest BCUT2D eigenvalue weighted by Crippen LogP contribution is 2.36. The molecule has 0 unspecified atom stereocenters. The zero-order valence-corrected chi connectivity index (χ0v) is 13.6. The van der Waals surface area contributed by atoms with E-state index >= 15 is 0 Å². The molecule has 9 heteroatoms. The molecule has 0 heterocycles. The second-order valence-electron chi connectivity index (χ2n) is 4.09. The van der Waals surface area contributed by atoms with Gasteiger partial charge in [0.25, 0.3) is 0 Å². The van der Waals surface area contributed by atoms with Crippen molar-refractivity contribution in [3.05, 3.63) is 22.7 Å². The van der Waals surface area contributed by atoms with Gasteiger partial charge < -0.3 is 19.9 Å². The molecule has 0 saturated carbocycles. The Labute approximate surface area is 138 Å². The van der Waals surface area contributed by atoms with Gasteiger partial charge in [0.1, 0.15) is 0 Å². The third kappa shape index (κ3) is 6.43. The van der Waals surface area contributed by atoms with Crippen LogP contribution in [0.25, 0.3) is 0 Å². The predicted octanol–water partition coefficient (Wildman–Crippen LogP) is 1.68. The highest BCUT2D eigenvalue weighted by atomic mass is 35.5. The van der Waals surface area contributed by atoms with Crippen molar-refractivity contribution in [2.24, 2.45) is 10.8 Å². The van der Waals surface area contributed by atoms with E-state index in [1.807, 2.05) is 0 Å². The van der Waals surface area contributed by atoms with Crippen molar-refractivity contribution in [2.45, 2.75) is 13.8 Å². The Hall–Kier alpha value is -2.48. The van der Waals surface area contributed by atoms with Gasteiger partial charge in [-0.25, -0.2) is 15.0 Å². The molecule has 0 bridgehead atoms. The third-order valence-corrected chi connectivity index (χ3v) is 2.64. The van der Waals surface area contributed by atoms with E-state index in [2.05, 4.69) is 10.5 Å². The first kappa shape index (κ1) is 18.6. The zero-order valence-electron chi connectivity index (χ0n) is 12.8. The molecule has 2 amide bonds. The van der Waals surface area contributed by atoms with Crippen LogP contribution < -0.4 is 20.6 Å². The van der Waals surface area contributed by atoms with Crippen LogP contribution in [0.5, 0.6) is 11.5 Å². The van der Waals surface area contributed by atoms with Gasteiger partial charge in [-0.15, -0.1) is 0 Å². The number of hydrogen-bond acceptors (Lipinski definition) is 6. The van der Waals surface area contributed by atoms with Crippen LogP contribution in [0.4, 0.5) is 4.79 Å². The van der Waals surface area contributed by atoms with Crippen LogP contribution >= 0.6 is 11.6 Å². The number of benzene rings is 1. The van der Waals surface area contributed by atoms with Crippen molar-refractivity contribution in [3.8, 4) is 11.5 Å². The quantitative estimate of drug-likeness (QED) is 0.423. The van der Waals surface area contributed by atoms with Crippen molar-refractivity contribution >= 4 is 29.8 Å². The Morgan fingerprint density at radius 2 is 2.04 bits per heavy atom. The molecule has 0 spiro atoms. The van der Waals surface area contributed by atoms with Crippen molar-refractivity contribution in [2.75, 3.05) is 19.8 Å². The minimum atomic E-state index is -0.785. The van der Waals surface area contributed by atoms with Crippen LogP contribution in [0.1, 0.15) is 19.4 Å². The van der Waals surface area contributed by atoms with Gasteiger partial charge in [0.05, 0.1) is 24.5 Å². The number of carbonyl (C=O) groups is 2. The van der Waals surface area contributed by atoms with E-state index in [9.17, 15) is 9.59 Å². The van der Waals surface area contributed by atoms with Crippen LogP contribution in [0.15, 0.2) is 17.2 Å². The lowest BCUT2D eigenvalue weighted by atomic mass is 10.2. The van der Waals surface area contributed by atoms with Gasteiger partial charge in [0.15, 0.2) is 18.1 Å². The lowest BCUT2D eigenvalue weighted by Gasteiger charge is -2.13. The first-order chi connectivity index (χ1) is 11.0. The maximum absolute atomic E-state index is 11.4. The van der Waals surface area contributed by atoms with Crippen LogP contribution in [-0.2, 0) is 9.53 Å². The summed E-state index contributed by atoms with van der Waals surface area (Å²) in [5, 5.41) is 3.86. The number of amides is 2. The number of halogens is 1. The van der Waals surface area contributed by atoms with Gasteiger partial charge in [-0.05, 0) is 31.5 Å². The van der Waals surface area contributed by atoms with Gasteiger partial charge in [-0.1, -0.05) is 11.6 Å². The number of nitrogens with zero attached hydrogens (tertiary/aromatic N) is 1. The summed E-state index contributed by atoms with van der Waals surface area (Å²) in [7, 11) is 0. The Balaban J connectivity index is 2.94. The summed E-state index contributed by atoms with van der Waals surface area (Å²) in [5.41, 5.74) is 7.52. The second-order valence-corrected chi connectivity index (χ2v) is 4.50. The molecule has 0 atom stereocenters. The highest BCUT2D eigenvalue weighted by molar-refractivity contribution is 6.32. The van der Waals surface area contributed by atoms with Crippen LogP contribution in [-0.4, -0.2) is 38.0 Å². The largest absolute Gasteiger partial charge is 0.490 e. The highest BCUT2D eigenvalue weighted by Gasteiger charge is 2.14. The molecule has 0 aliphatic rings. The van der Waals surface area contributed by atoms with E-state index in [1.165, 1.54) is 12.3 Å². The Morgan fingerprint density at radius 1 is 1.30 bits per heavy atom. The summed E-state index contributed by atoms with van der Waals surface area (Å²) < 4.78 is 15.6. The Morgan fingerprint density at radius 3 is 2.65 bits per heavy atom. The van der Waals surface area contributed by atoms with Crippen LogP contribution in [0.2, 0.25) is 5.02 Å². The second kappa shape index (κ2) is 9.52. The van der Waals surface area contributed by atoms with Crippen molar-refractivity contribution < 1.29 is 23.8 Å². The van der Waals surface area contributed by atoms with Crippen molar-refractivity contribution in [3.63, 3.8) is 0 Å². The molecular weight excluding hydrogens is 326 g/mol. The summed E-state index contributed by atoms with van der Waals surface area (Å²) in [6.07, 6.45) is 1.34. The maximum Gasteiger partial charge on any atom is 0.344 e. The van der Waals surface area contributed by atoms with Gasteiger partial charge in [0, 0.05) is 0 Å². The average molecular weight is 344 g/mol. The molecule has 23 heavy (non-hydrogen) atoms. The number of hydrogen-bond donors (Lipinski definition) is 2. The van der Waals surface area contributed by atoms with Gasteiger partial charge >= 0.3 is 12.0 Å². The van der Waals surface area contributed by atoms with E-state index < -0.39 is 12.0 Å². The molecule has 126 valence electrons. The number of urea groups is 1. The molecule has 3 N–H and O–H groups in total. The van der Waals surface area contributed by atoms with E-state index in [0.717, 1.165) is 0 Å². The number of carbonyl (C=O) groups excluding carboxylic acids is 2. The van der Waals surface area contributed by atoms with E-state index in [4.69, 9.17) is 31.5 Å². The lowest BCUT2D eigenvalue weighted by Crippen LogP contribution is -2.24. The van der Waals surface area contributed by atoms with Crippen LogP contribution in [0, 0.1) is 0 Å². The minimum Gasteiger partial charge on any atom is -0.490 e. The predicted molar refractivity (Wildman–Crippen MR) is 85.1 cm³/mol. The molecule has 8 nitrogen and oxygen atoms in total. The number of esters is 1. The molecular formula is C14H18ClN3O5. The number of ether oxygens (including phenoxy) is 3. The topological polar surface area (TPSA) is 112 Å². The van der Waals surface area contributed by atoms with Gasteiger partial charge in [-0.2, -0.15) is 5.10 Å². The molecule has 0 aliphatic carbocycles. The van der Waals surface area contributed by atoms with Crippen molar-refractivity contribution in [1.29, 1.82) is 0 Å². The normalized spacial score (nSPS) is 10.4. The molecule has 1 rings (SSSR count). The summed E-state index contributed by atoms with van der Waals surface area (Å²) in [5.74, 6) is 0.0497. The third-order valence-electron chi connectivity index (χ3n) is 2.36. The molecule has 0 saturated heterocycles. The number of primary amides is 1. The molecule has 0 radical (unpaired) electrons. The average Bonchev–Trinajstić information content (AvgIpc) is 2.46. The number of hydrazone groups is 1. The summed E-state index contributed by atoms with van der Waals surface area (Å²) in [6, 6.07) is 2.35. The standard InChI is InChI=1S/C14H18ClN3O5/c1-3-21-11-6-9(7-17-18-14(16)20)5-10(15)13(11)23-8-12(19)22-4-2/h5-7H,3-4,8H2,1-2H3,(H3,16,18,20)/b17-7+. The minimum absolute atomic E-state index is 0.223. The smallest absolute Gasteiger partial charge is 0.344 e. The molecule has 1 aromatic rings. The van der Waals surface area contributed by atoms with Crippen molar-refractivity contribution in [1.82, 2.24) is 5.43 Å². The van der Waals surface area contributed by atoms with E-state index in [1.54, 1.807) is 19.9 Å². The fourth-order valence-electron chi connectivity index (χ4n) is 1.57. The van der Waals surface area contributed by atoms with E-state index in [-0.39, 0.29) is 24.0 Å². The molecule has 0 aromatic heterocycles. The molecule has 1 aromatic carbocycles. The SMILES string of the molecule is CCOC(=O)COc1c(Cl)cc(/C=N/NC(N)=O)cc1OCC. The lowest BCUT2D eigenvalue weighted by molar-refractivity contribution is -0.145. The summed E-state index contributed by atoms with van der Waals surface area (Å²) in [6.45, 7) is 3.83. The first-order valence-electron chi connectivity index (χ1n) is 6.81. The van der Waals surface area contributed by atoms with Gasteiger partial charge in [0.2, 0.25) is 0 Å². The zero-order chi connectivity index (χ0) is 17.2. The molecule has 0 fully saturated rings. The monoisotopic (exact) mass is 343 g/mol. The number of rotatable bonds is 8. The fraction of sp³-hybridized carbons (Fsp3) is 0.357. The number of nitrogens with one attached hydrogen (secondary N) is 1. The Kier molecular flexibility index (Phi) is 7.69. The molecule has 0 aliphatic heterocycles. The summed E-state index contributed by atoms with van der Waals surface area (Å²) in [4.78, 5) is 21.9. The summed E-state index contributed by atoms with van der Waals surface area (Å²) >= 11 is 6.14. The number of nitrogens with two attached hydrogens (primary N) is 1. The maximum atomic E-state index is 11.4. The van der Waals surface area contributed by atoms with Crippen LogP contribution in [0.3, 0.4) is 0 Å². The first-order valence-corrected chi connectivity index (χ1v) is 7.19. The Bertz CT molecular complexity index is 592.